The quantitative estimate of drug-likeness (QED) is 0.911. The molecular formula is C14H17FN4O2. The average molecular weight is 292 g/mol. The number of hydrogen-bond donors (Lipinski definition) is 1. The molecule has 7 heteroatoms. The van der Waals surface area contributed by atoms with Crippen molar-refractivity contribution in [2.75, 3.05) is 19.5 Å². The first-order valence-electron chi connectivity index (χ1n) is 6.36. The first-order valence-corrected chi connectivity index (χ1v) is 6.36. The Labute approximate surface area is 122 Å². The van der Waals surface area contributed by atoms with Crippen LogP contribution in [0.15, 0.2) is 12.4 Å². The zero-order chi connectivity index (χ0) is 15.4. The summed E-state index contributed by atoms with van der Waals surface area (Å²) < 4.78 is 23.4. The summed E-state index contributed by atoms with van der Waals surface area (Å²) in [5.74, 6) is 0.376. The van der Waals surface area contributed by atoms with E-state index in [-0.39, 0.29) is 11.8 Å². The number of halogens is 1. The third-order valence-electron chi connectivity index (χ3n) is 3.07. The van der Waals surface area contributed by atoms with Crippen LogP contribution in [-0.4, -0.2) is 29.2 Å². The van der Waals surface area contributed by atoms with Gasteiger partial charge in [-0.2, -0.15) is 9.37 Å². The van der Waals surface area contributed by atoms with Gasteiger partial charge in [-0.25, -0.2) is 4.98 Å². The highest BCUT2D eigenvalue weighted by molar-refractivity contribution is 5.42. The maximum atomic E-state index is 13.2. The molecule has 2 aromatic rings. The van der Waals surface area contributed by atoms with Crippen molar-refractivity contribution < 1.29 is 13.9 Å². The Bertz CT molecular complexity index is 649. The number of aryl methyl sites for hydroxylation is 1. The van der Waals surface area contributed by atoms with Gasteiger partial charge in [0.25, 0.3) is 5.88 Å². The second-order valence-electron chi connectivity index (χ2n) is 4.45. The van der Waals surface area contributed by atoms with Crippen LogP contribution in [0.4, 0.5) is 10.3 Å². The number of nitrogens with one attached hydrogen (secondary N) is 1. The molecule has 0 fully saturated rings. The summed E-state index contributed by atoms with van der Waals surface area (Å²) in [6.07, 6.45) is 2.80. The fraction of sp³-hybridized carbons (Fsp3) is 0.357. The van der Waals surface area contributed by atoms with Crippen molar-refractivity contribution in [3.05, 3.63) is 35.0 Å². The third kappa shape index (κ3) is 3.18. The monoisotopic (exact) mass is 292 g/mol. The molecule has 0 aliphatic carbocycles. The lowest BCUT2D eigenvalue weighted by Crippen LogP contribution is -2.09. The first-order chi connectivity index (χ1) is 10.1. The van der Waals surface area contributed by atoms with Crippen LogP contribution in [0.1, 0.15) is 16.8 Å². The lowest BCUT2D eigenvalue weighted by molar-refractivity contribution is 0.367. The molecule has 2 heterocycles. The van der Waals surface area contributed by atoms with Crippen LogP contribution in [0.3, 0.4) is 0 Å². The molecule has 0 saturated carbocycles. The van der Waals surface area contributed by atoms with Gasteiger partial charge in [0.05, 0.1) is 32.7 Å². The topological polar surface area (TPSA) is 69.2 Å². The molecule has 0 aromatic carbocycles. The lowest BCUT2D eigenvalue weighted by atomic mass is 10.1. The molecule has 21 heavy (non-hydrogen) atoms. The molecule has 0 unspecified atom stereocenters. The largest absolute Gasteiger partial charge is 0.496 e. The first kappa shape index (κ1) is 15.0. The average Bonchev–Trinajstić information content (AvgIpc) is 2.48. The summed E-state index contributed by atoms with van der Waals surface area (Å²) in [5, 5.41) is 2.99. The number of nitrogens with zero attached hydrogens (tertiary/aromatic N) is 3. The Morgan fingerprint density at radius 3 is 2.57 bits per heavy atom. The van der Waals surface area contributed by atoms with E-state index in [4.69, 9.17) is 9.47 Å². The molecule has 2 rings (SSSR count). The molecule has 0 saturated heterocycles. The summed E-state index contributed by atoms with van der Waals surface area (Å²) >= 11 is 0. The number of ether oxygens (including phenoxy) is 2. The van der Waals surface area contributed by atoms with Crippen molar-refractivity contribution in [2.45, 2.75) is 20.4 Å². The van der Waals surface area contributed by atoms with Crippen molar-refractivity contribution in [2.24, 2.45) is 0 Å². The van der Waals surface area contributed by atoms with Crippen molar-refractivity contribution >= 4 is 5.95 Å². The fourth-order valence-electron chi connectivity index (χ4n) is 1.99. The predicted molar refractivity (Wildman–Crippen MR) is 76.1 cm³/mol. The molecule has 0 bridgehead atoms. The lowest BCUT2D eigenvalue weighted by Gasteiger charge is -2.13. The molecule has 2 aromatic heterocycles. The van der Waals surface area contributed by atoms with Crippen LogP contribution in [0.2, 0.25) is 0 Å². The second kappa shape index (κ2) is 6.34. The predicted octanol–water partition coefficient (Wildman–Crippen LogP) is 2.26. The van der Waals surface area contributed by atoms with Gasteiger partial charge in [0, 0.05) is 17.3 Å². The van der Waals surface area contributed by atoms with Gasteiger partial charge in [0.15, 0.2) is 0 Å². The molecule has 0 spiro atoms. The minimum Gasteiger partial charge on any atom is -0.496 e. The standard InChI is InChI=1S/C14H17FN4O2/c1-8-5-16-11(9(2)12(8)20-3)7-18-14-17-6-10(15)13(19-14)21-4/h5-6H,7H2,1-4H3,(H,17,18,19). The van der Waals surface area contributed by atoms with Gasteiger partial charge >= 0.3 is 0 Å². The molecule has 0 aliphatic rings. The van der Waals surface area contributed by atoms with Gasteiger partial charge in [0.1, 0.15) is 5.75 Å². The molecular weight excluding hydrogens is 275 g/mol. The van der Waals surface area contributed by atoms with Crippen molar-refractivity contribution in [3.8, 4) is 11.6 Å². The fourth-order valence-corrected chi connectivity index (χ4v) is 1.99. The van der Waals surface area contributed by atoms with E-state index >= 15 is 0 Å². The van der Waals surface area contributed by atoms with E-state index in [1.54, 1.807) is 13.3 Å². The van der Waals surface area contributed by atoms with Gasteiger partial charge in [-0.05, 0) is 13.8 Å². The summed E-state index contributed by atoms with van der Waals surface area (Å²) in [4.78, 5) is 12.1. The number of anilines is 1. The minimum atomic E-state index is -0.602. The van der Waals surface area contributed by atoms with Crippen LogP contribution < -0.4 is 14.8 Å². The summed E-state index contributed by atoms with van der Waals surface area (Å²) in [5.41, 5.74) is 2.72. The molecule has 0 atom stereocenters. The zero-order valence-corrected chi connectivity index (χ0v) is 12.4. The maximum absolute atomic E-state index is 13.2. The van der Waals surface area contributed by atoms with E-state index in [1.807, 2.05) is 13.8 Å². The summed E-state index contributed by atoms with van der Waals surface area (Å²) in [6, 6.07) is 0. The third-order valence-corrected chi connectivity index (χ3v) is 3.07. The molecule has 112 valence electrons. The van der Waals surface area contributed by atoms with Crippen molar-refractivity contribution in [3.63, 3.8) is 0 Å². The van der Waals surface area contributed by atoms with Crippen molar-refractivity contribution in [1.29, 1.82) is 0 Å². The van der Waals surface area contributed by atoms with Crippen LogP contribution in [-0.2, 0) is 6.54 Å². The second-order valence-corrected chi connectivity index (χ2v) is 4.45. The normalized spacial score (nSPS) is 10.3. The summed E-state index contributed by atoms with van der Waals surface area (Å²) in [7, 11) is 2.98. The van der Waals surface area contributed by atoms with E-state index in [9.17, 15) is 4.39 Å². The van der Waals surface area contributed by atoms with Gasteiger partial charge in [0.2, 0.25) is 11.8 Å². The van der Waals surface area contributed by atoms with Gasteiger partial charge < -0.3 is 14.8 Å². The van der Waals surface area contributed by atoms with Gasteiger partial charge in [-0.3, -0.25) is 4.98 Å². The number of rotatable bonds is 5. The zero-order valence-electron chi connectivity index (χ0n) is 12.4. The molecule has 6 nitrogen and oxygen atoms in total. The van der Waals surface area contributed by atoms with Crippen LogP contribution in [0, 0.1) is 19.7 Å². The highest BCUT2D eigenvalue weighted by atomic mass is 19.1. The number of methoxy groups -OCH3 is 2. The Hall–Kier alpha value is -2.44. The van der Waals surface area contributed by atoms with Gasteiger partial charge in [-0.15, -0.1) is 0 Å². The molecule has 0 radical (unpaired) electrons. The minimum absolute atomic E-state index is 0.0985. The SMILES string of the molecule is COc1nc(NCc2ncc(C)c(OC)c2C)ncc1F. The summed E-state index contributed by atoms with van der Waals surface area (Å²) in [6.45, 7) is 4.27. The Morgan fingerprint density at radius 1 is 1.14 bits per heavy atom. The number of aromatic nitrogens is 3. The Balaban J connectivity index is 2.17. The van der Waals surface area contributed by atoms with E-state index in [0.717, 1.165) is 28.8 Å². The van der Waals surface area contributed by atoms with Crippen LogP contribution in [0.5, 0.6) is 11.6 Å². The van der Waals surface area contributed by atoms with E-state index < -0.39 is 5.82 Å². The van der Waals surface area contributed by atoms with Crippen molar-refractivity contribution in [1.82, 2.24) is 15.0 Å². The van der Waals surface area contributed by atoms with Gasteiger partial charge in [-0.1, -0.05) is 0 Å². The highest BCUT2D eigenvalue weighted by Gasteiger charge is 2.11. The van der Waals surface area contributed by atoms with Crippen LogP contribution >= 0.6 is 0 Å². The van der Waals surface area contributed by atoms with E-state index in [0.29, 0.717) is 6.54 Å². The van der Waals surface area contributed by atoms with E-state index in [1.165, 1.54) is 7.11 Å². The molecule has 0 aliphatic heterocycles. The Kier molecular flexibility index (Phi) is 4.52. The number of hydrogen-bond acceptors (Lipinski definition) is 6. The molecule has 0 amide bonds. The number of pyridine rings is 1. The maximum Gasteiger partial charge on any atom is 0.255 e. The van der Waals surface area contributed by atoms with E-state index in [2.05, 4.69) is 20.3 Å². The Morgan fingerprint density at radius 2 is 1.90 bits per heavy atom. The highest BCUT2D eigenvalue weighted by Crippen LogP contribution is 2.24. The van der Waals surface area contributed by atoms with Crippen LogP contribution in [0.25, 0.3) is 0 Å². The molecule has 1 N–H and O–H groups in total. The smallest absolute Gasteiger partial charge is 0.255 e.